The SMILES string of the molecule is CCP(CC)CC.CC[PH+](CC)CC.CC[PH+](CC)CC.CC[PH+](CC)CC.O=[N+]([O-])O.O=[N+]([O-])O.[OH+]=C(C1=CC=[C+]C=C1)C1=CC=C=C[CH-]1.[Pt].[Pt]. The summed E-state index contributed by atoms with van der Waals surface area (Å²) in [7, 11) is 0.858. The van der Waals surface area contributed by atoms with Gasteiger partial charge in [-0.05, 0) is 110 Å². The van der Waals surface area contributed by atoms with Crippen LogP contribution in [-0.2, 0) is 42.1 Å². The molecule has 0 unspecified atom stereocenters. The summed E-state index contributed by atoms with van der Waals surface area (Å²) in [5, 5.41) is 27.3. The first kappa shape index (κ1) is 66.3. The molecule has 0 aliphatic heterocycles. The molecular weight excluding hydrogens is 1100 g/mol. The topological polar surface area (TPSA) is 148 Å². The van der Waals surface area contributed by atoms with Gasteiger partial charge in [-0.1, -0.05) is 20.8 Å². The summed E-state index contributed by atoms with van der Waals surface area (Å²) in [4.78, 5) is 26.6. The van der Waals surface area contributed by atoms with Crippen LogP contribution in [0.15, 0.2) is 59.4 Å². The molecule has 0 saturated heterocycles. The van der Waals surface area contributed by atoms with Gasteiger partial charge >= 0.3 is 5.78 Å². The maximum absolute atomic E-state index is 9.88. The maximum atomic E-state index is 9.88. The van der Waals surface area contributed by atoms with E-state index in [9.17, 15) is 4.79 Å². The van der Waals surface area contributed by atoms with Gasteiger partial charge in [0.1, 0.15) is 17.7 Å². The average Bonchev–Trinajstić information content (AvgIpc) is 3.12. The zero-order valence-electron chi connectivity index (χ0n) is 34.1. The number of allylic oxidation sites excluding steroid dienone is 9. The van der Waals surface area contributed by atoms with Crippen molar-refractivity contribution in [3.63, 3.8) is 0 Å². The number of rotatable bonds is 14. The minimum atomic E-state index is -1.50. The van der Waals surface area contributed by atoms with Crippen molar-refractivity contribution in [2.24, 2.45) is 0 Å². The summed E-state index contributed by atoms with van der Waals surface area (Å²) in [5.41, 5.74) is 4.51. The quantitative estimate of drug-likeness (QED) is 0.0442. The first-order chi connectivity index (χ1) is 23.7. The number of ketones is 1. The molecule has 0 spiro atoms. The summed E-state index contributed by atoms with van der Waals surface area (Å²) in [6.07, 6.45) is 34.7. The molecule has 3 N–H and O–H groups in total. The molecule has 9 nitrogen and oxygen atoms in total. The van der Waals surface area contributed by atoms with Gasteiger partial charge in [-0.2, -0.15) is 0 Å². The third-order valence-corrected chi connectivity index (χ3v) is 19.5. The average molecular weight is 1170 g/mol. The zero-order valence-corrected chi connectivity index (χ0v) is 42.5. The van der Waals surface area contributed by atoms with Gasteiger partial charge in [0.2, 0.25) is 0 Å². The minimum Gasteiger partial charge on any atom is -0.328 e. The van der Waals surface area contributed by atoms with Crippen molar-refractivity contribution in [2.75, 3.05) is 73.9 Å². The second kappa shape index (κ2) is 52.5. The van der Waals surface area contributed by atoms with Crippen LogP contribution in [0.5, 0.6) is 0 Å². The first-order valence-corrected chi connectivity index (χ1v) is 26.4. The van der Waals surface area contributed by atoms with Crippen LogP contribution in [0.2, 0.25) is 0 Å². The van der Waals surface area contributed by atoms with Crippen molar-refractivity contribution in [1.29, 1.82) is 0 Å². The van der Waals surface area contributed by atoms with Gasteiger partial charge < -0.3 is 15.2 Å². The smallest absolute Gasteiger partial charge is 0.300 e. The van der Waals surface area contributed by atoms with Crippen molar-refractivity contribution in [2.45, 2.75) is 83.1 Å². The monoisotopic (exact) mass is 1170 g/mol. The Kier molecular flexibility index (Phi) is 66.9. The third-order valence-electron chi connectivity index (χ3n) is 7.82. The van der Waals surface area contributed by atoms with Gasteiger partial charge in [-0.25, -0.2) is 5.73 Å². The van der Waals surface area contributed by atoms with Crippen LogP contribution in [0.4, 0.5) is 0 Å². The Morgan fingerprint density at radius 3 is 1.23 bits per heavy atom. The molecule has 0 bridgehead atoms. The maximum Gasteiger partial charge on any atom is 0.300 e. The molecule has 0 fully saturated rings. The van der Waals surface area contributed by atoms with Crippen LogP contribution in [-0.4, -0.2) is 105 Å². The molecule has 0 aromatic carbocycles. The van der Waals surface area contributed by atoms with Gasteiger partial charge in [-0.3, -0.25) is 0 Å². The van der Waals surface area contributed by atoms with Crippen LogP contribution in [0.25, 0.3) is 0 Å². The number of hydrogen-bond acceptors (Lipinski definition) is 4. The van der Waals surface area contributed by atoms with Crippen molar-refractivity contribution in [3.8, 4) is 0 Å². The fourth-order valence-electron chi connectivity index (χ4n) is 4.18. The Labute approximate surface area is 352 Å². The zero-order chi connectivity index (χ0) is 39.8. The molecule has 0 atom stereocenters. The number of carbonyl (C=O) groups excluding carboxylic acids is 1. The standard InChI is InChI=1S/C13H8O.4C6H15P.2HNO3.2Pt/c14-13(11-7-3-1-4-8-11)12-9-5-2-6-10-12;4*1-4-7(5-2)6-3;2*2-1(3)4;;/h3-10H;4*4-6H2,1-3H3;2*(H,2,3,4);;/p+4. The Balaban J connectivity index is -0.0000000948. The van der Waals surface area contributed by atoms with Crippen LogP contribution in [0.1, 0.15) is 83.1 Å². The number of nitrogens with zero attached hydrogens (tertiary/aromatic N) is 2. The fourth-order valence-corrected chi connectivity index (χ4v) is 10.0. The van der Waals surface area contributed by atoms with Gasteiger partial charge in [0.25, 0.3) is 10.2 Å². The molecule has 0 heterocycles. The summed E-state index contributed by atoms with van der Waals surface area (Å²) in [5.74, 6) is 0.285. The van der Waals surface area contributed by atoms with Crippen LogP contribution >= 0.6 is 31.7 Å². The third kappa shape index (κ3) is 51.5. The normalized spacial score (nSPS) is 11.0. The van der Waals surface area contributed by atoms with E-state index in [1.54, 1.807) is 24.3 Å². The van der Waals surface area contributed by atoms with Gasteiger partial charge in [-0.15, -0.1) is 52.8 Å². The molecular formula is C37H74N2O7P4Pt2+4. The number of hydrogen-bond donors (Lipinski definition) is 2. The summed E-state index contributed by atoms with van der Waals surface area (Å²) >= 11 is 0. The van der Waals surface area contributed by atoms with Crippen molar-refractivity contribution in [3.05, 3.63) is 92.1 Å². The molecule has 0 radical (unpaired) electrons. The summed E-state index contributed by atoms with van der Waals surface area (Å²) < 4.78 is 0. The van der Waals surface area contributed by atoms with E-state index in [-0.39, 0.29) is 71.7 Å². The second-order valence-corrected chi connectivity index (χ2v) is 24.6. The molecule has 0 saturated carbocycles. The van der Waals surface area contributed by atoms with Crippen molar-refractivity contribution < 1.29 is 67.5 Å². The van der Waals surface area contributed by atoms with Gasteiger partial charge in [0.05, 0.1) is 67.6 Å². The predicted molar refractivity (Wildman–Crippen MR) is 233 cm³/mol. The molecule has 2 rings (SSSR count). The largest absolute Gasteiger partial charge is 0.328 e. The van der Waals surface area contributed by atoms with Crippen molar-refractivity contribution >= 4 is 37.5 Å². The van der Waals surface area contributed by atoms with E-state index in [2.05, 4.69) is 94.9 Å². The predicted octanol–water partition coefficient (Wildman–Crippen LogP) is 10.9. The molecule has 0 aromatic rings. The van der Waals surface area contributed by atoms with Gasteiger partial charge in [0.15, 0.2) is 0 Å². The van der Waals surface area contributed by atoms with Crippen LogP contribution < -0.4 is 0 Å². The molecule has 0 amide bonds. The molecule has 0 aromatic heterocycles. The Bertz CT molecular complexity index is 918. The van der Waals surface area contributed by atoms with Crippen molar-refractivity contribution in [1.82, 2.24) is 0 Å². The van der Waals surface area contributed by atoms with Crippen LogP contribution in [0, 0.1) is 32.7 Å². The van der Waals surface area contributed by atoms with E-state index in [0.717, 1.165) is 11.1 Å². The Hall–Kier alpha value is -0.573. The molecule has 2 aliphatic carbocycles. The first-order valence-electron chi connectivity index (χ1n) is 18.1. The molecule has 310 valence electrons. The van der Waals surface area contributed by atoms with E-state index in [1.807, 2.05) is 24.6 Å². The van der Waals surface area contributed by atoms with E-state index in [1.165, 1.54) is 73.9 Å². The van der Waals surface area contributed by atoms with Crippen LogP contribution in [0.3, 0.4) is 0 Å². The Morgan fingerprint density at radius 1 is 0.731 bits per heavy atom. The van der Waals surface area contributed by atoms with E-state index >= 15 is 0 Å². The Morgan fingerprint density at radius 2 is 1.06 bits per heavy atom. The summed E-state index contributed by atoms with van der Waals surface area (Å²) in [6.45, 7) is 27.6. The fraction of sp³-hybridized carbons (Fsp3) is 0.649. The van der Waals surface area contributed by atoms with E-state index in [4.69, 9.17) is 30.6 Å². The molecule has 2 aliphatic rings. The van der Waals surface area contributed by atoms with Gasteiger partial charge in [0, 0.05) is 48.2 Å². The van der Waals surface area contributed by atoms with E-state index in [0.29, 0.717) is 7.92 Å². The summed E-state index contributed by atoms with van der Waals surface area (Å²) in [6, 6.07) is 0. The second-order valence-electron chi connectivity index (χ2n) is 10.5. The molecule has 52 heavy (non-hydrogen) atoms. The minimum absolute atomic E-state index is 0. The van der Waals surface area contributed by atoms with E-state index < -0.39 is 10.2 Å². The molecule has 15 heteroatoms.